The molecule has 0 aliphatic carbocycles. The van der Waals surface area contributed by atoms with Gasteiger partial charge >= 0.3 is 4.71 Å². The van der Waals surface area contributed by atoms with Gasteiger partial charge in [-0.25, -0.2) is 0 Å². The molecular formula is C13H9ClF2N2OS. The van der Waals surface area contributed by atoms with Crippen LogP contribution in [0.5, 0.6) is 0 Å². The predicted molar refractivity (Wildman–Crippen MR) is 75.3 cm³/mol. The van der Waals surface area contributed by atoms with Crippen LogP contribution in [0.4, 0.5) is 14.5 Å². The molecule has 1 aromatic carbocycles. The first kappa shape index (κ1) is 14.7. The molecule has 0 spiro atoms. The number of benzene rings is 1. The van der Waals surface area contributed by atoms with Crippen LogP contribution in [-0.4, -0.2) is 15.6 Å². The van der Waals surface area contributed by atoms with Gasteiger partial charge in [-0.1, -0.05) is 0 Å². The second kappa shape index (κ2) is 6.19. The Labute approximate surface area is 123 Å². The Balaban J connectivity index is 2.02. The van der Waals surface area contributed by atoms with Gasteiger partial charge in [0.25, 0.3) is 5.91 Å². The first-order valence-electron chi connectivity index (χ1n) is 5.51. The van der Waals surface area contributed by atoms with Crippen molar-refractivity contribution in [2.24, 2.45) is 0 Å². The van der Waals surface area contributed by atoms with E-state index >= 15 is 0 Å². The smallest absolute Gasteiger partial charge is 0.322 e. The maximum absolute atomic E-state index is 12.6. The maximum atomic E-state index is 12.6. The number of carbonyl (C=O) groups is 1. The highest BCUT2D eigenvalue weighted by molar-refractivity contribution is 8.01. The van der Waals surface area contributed by atoms with Crippen molar-refractivity contribution in [3.8, 4) is 0 Å². The number of carbonyl (C=O) groups excluding carboxylic acids is 1. The average molecular weight is 315 g/mol. The number of nitrogens with zero attached hydrogens (tertiary/aromatic N) is 1. The van der Waals surface area contributed by atoms with Crippen LogP contribution in [0.2, 0.25) is 0 Å². The third-order valence-corrected chi connectivity index (χ3v) is 3.24. The lowest BCUT2D eigenvalue weighted by atomic mass is 10.2. The van der Waals surface area contributed by atoms with Crippen molar-refractivity contribution in [3.63, 3.8) is 0 Å². The van der Waals surface area contributed by atoms with Crippen molar-refractivity contribution >= 4 is 35.0 Å². The van der Waals surface area contributed by atoms with E-state index in [0.717, 1.165) is 0 Å². The Hall–Kier alpha value is -1.66. The van der Waals surface area contributed by atoms with E-state index in [0.29, 0.717) is 16.1 Å². The van der Waals surface area contributed by atoms with Crippen molar-refractivity contribution in [2.75, 3.05) is 5.32 Å². The molecule has 1 amide bonds. The molecule has 0 saturated carbocycles. The summed E-state index contributed by atoms with van der Waals surface area (Å²) >= 11 is 5.06. The number of pyridine rings is 1. The number of amides is 1. The summed E-state index contributed by atoms with van der Waals surface area (Å²) in [6, 6.07) is 9.25. The van der Waals surface area contributed by atoms with Crippen molar-refractivity contribution in [1.29, 1.82) is 0 Å². The number of rotatable bonds is 4. The summed E-state index contributed by atoms with van der Waals surface area (Å²) < 4.78 is 21.8. The molecule has 0 unspecified atom stereocenters. The minimum atomic E-state index is -3.35. The zero-order valence-corrected chi connectivity index (χ0v) is 11.6. The van der Waals surface area contributed by atoms with E-state index in [4.69, 9.17) is 11.6 Å². The Bertz CT molecular complexity index is 588. The molecule has 0 atom stereocenters. The molecular weight excluding hydrogens is 306 g/mol. The maximum Gasteiger partial charge on any atom is 0.375 e. The Morgan fingerprint density at radius 3 is 2.50 bits per heavy atom. The fraction of sp³-hybridized carbons (Fsp3) is 0.0769. The molecule has 20 heavy (non-hydrogen) atoms. The fourth-order valence-corrected chi connectivity index (χ4v) is 2.25. The number of alkyl halides is 3. The average Bonchev–Trinajstić information content (AvgIpc) is 2.40. The largest absolute Gasteiger partial charge is 0.375 e. The van der Waals surface area contributed by atoms with Gasteiger partial charge in [-0.3, -0.25) is 9.78 Å². The van der Waals surface area contributed by atoms with Gasteiger partial charge in [0.05, 0.1) is 5.56 Å². The lowest BCUT2D eigenvalue weighted by Crippen LogP contribution is -2.11. The number of anilines is 1. The van der Waals surface area contributed by atoms with Crippen molar-refractivity contribution < 1.29 is 13.6 Å². The van der Waals surface area contributed by atoms with Gasteiger partial charge in [-0.15, -0.1) is 0 Å². The van der Waals surface area contributed by atoms with Gasteiger partial charge in [-0.2, -0.15) is 8.78 Å². The van der Waals surface area contributed by atoms with E-state index < -0.39 is 4.71 Å². The first-order chi connectivity index (χ1) is 9.44. The SMILES string of the molecule is O=C(Nc1ccc(SC(F)(F)Cl)cc1)c1cccnc1. The Kier molecular flexibility index (Phi) is 4.57. The lowest BCUT2D eigenvalue weighted by molar-refractivity contribution is 0.102. The zero-order valence-electron chi connectivity index (χ0n) is 10.0. The molecule has 0 saturated heterocycles. The van der Waals surface area contributed by atoms with E-state index in [1.807, 2.05) is 0 Å². The molecule has 2 rings (SSSR count). The van der Waals surface area contributed by atoms with Gasteiger partial charge in [0.15, 0.2) is 0 Å². The van der Waals surface area contributed by atoms with E-state index in [1.165, 1.54) is 30.5 Å². The first-order valence-corrected chi connectivity index (χ1v) is 6.71. The van der Waals surface area contributed by atoms with Gasteiger partial charge < -0.3 is 5.32 Å². The summed E-state index contributed by atoms with van der Waals surface area (Å²) in [7, 11) is 0. The summed E-state index contributed by atoms with van der Waals surface area (Å²) in [4.78, 5) is 16.0. The van der Waals surface area contributed by atoms with Gasteiger partial charge in [-0.05, 0) is 59.8 Å². The fourth-order valence-electron chi connectivity index (χ4n) is 1.44. The van der Waals surface area contributed by atoms with E-state index in [-0.39, 0.29) is 17.7 Å². The van der Waals surface area contributed by atoms with Gasteiger partial charge in [0, 0.05) is 23.0 Å². The van der Waals surface area contributed by atoms with Crippen LogP contribution in [0, 0.1) is 0 Å². The quantitative estimate of drug-likeness (QED) is 0.679. The van der Waals surface area contributed by atoms with Crippen LogP contribution in [-0.2, 0) is 0 Å². The van der Waals surface area contributed by atoms with Gasteiger partial charge in [0.1, 0.15) is 0 Å². The van der Waals surface area contributed by atoms with Crippen LogP contribution in [0.3, 0.4) is 0 Å². The van der Waals surface area contributed by atoms with Crippen molar-refractivity contribution in [2.45, 2.75) is 9.61 Å². The van der Waals surface area contributed by atoms with E-state index in [9.17, 15) is 13.6 Å². The summed E-state index contributed by atoms with van der Waals surface area (Å²) in [6.45, 7) is 0. The normalized spacial score (nSPS) is 11.2. The number of halogens is 3. The molecule has 1 N–H and O–H groups in total. The predicted octanol–water partition coefficient (Wildman–Crippen LogP) is 4.22. The summed E-state index contributed by atoms with van der Waals surface area (Å²) in [5, 5.41) is 2.64. The third-order valence-electron chi connectivity index (χ3n) is 2.27. The Morgan fingerprint density at radius 1 is 1.25 bits per heavy atom. The van der Waals surface area contributed by atoms with Crippen molar-refractivity contribution in [3.05, 3.63) is 54.4 Å². The van der Waals surface area contributed by atoms with Crippen molar-refractivity contribution in [1.82, 2.24) is 4.98 Å². The number of thioether (sulfide) groups is 1. The minimum Gasteiger partial charge on any atom is -0.322 e. The topological polar surface area (TPSA) is 42.0 Å². The molecule has 0 bridgehead atoms. The lowest BCUT2D eigenvalue weighted by Gasteiger charge is -2.08. The minimum absolute atomic E-state index is 0.234. The molecule has 2 aromatic rings. The highest BCUT2D eigenvalue weighted by Gasteiger charge is 2.26. The number of nitrogens with one attached hydrogen (secondary N) is 1. The zero-order chi connectivity index (χ0) is 14.6. The number of hydrogen-bond donors (Lipinski definition) is 1. The molecule has 7 heteroatoms. The Morgan fingerprint density at radius 2 is 1.95 bits per heavy atom. The molecule has 3 nitrogen and oxygen atoms in total. The van der Waals surface area contributed by atoms with Crippen LogP contribution >= 0.6 is 23.4 Å². The molecule has 1 aromatic heterocycles. The summed E-state index contributed by atoms with van der Waals surface area (Å²) in [6.07, 6.45) is 3.00. The van der Waals surface area contributed by atoms with E-state index in [1.54, 1.807) is 18.3 Å². The molecule has 0 fully saturated rings. The molecule has 0 aliphatic rings. The highest BCUT2D eigenvalue weighted by atomic mass is 35.5. The summed E-state index contributed by atoms with van der Waals surface area (Å²) in [5.41, 5.74) is 0.916. The molecule has 104 valence electrons. The van der Waals surface area contributed by atoms with Crippen LogP contribution in [0.25, 0.3) is 0 Å². The highest BCUT2D eigenvalue weighted by Crippen LogP contribution is 2.39. The number of hydrogen-bond acceptors (Lipinski definition) is 3. The molecule has 1 heterocycles. The second-order valence-corrected chi connectivity index (χ2v) is 5.66. The second-order valence-electron chi connectivity index (χ2n) is 3.77. The standard InChI is InChI=1S/C13H9ClF2N2OS/c14-13(15,16)20-11-5-3-10(4-6-11)18-12(19)9-2-1-7-17-8-9/h1-8H,(H,18,19). The van der Waals surface area contributed by atoms with E-state index in [2.05, 4.69) is 10.3 Å². The third kappa shape index (κ3) is 4.47. The molecule has 0 aliphatic heterocycles. The summed E-state index contributed by atoms with van der Waals surface area (Å²) in [5.74, 6) is -0.318. The monoisotopic (exact) mass is 314 g/mol. The van der Waals surface area contributed by atoms with Crippen LogP contribution in [0.15, 0.2) is 53.7 Å². The molecule has 0 radical (unpaired) electrons. The van der Waals surface area contributed by atoms with Crippen LogP contribution in [0.1, 0.15) is 10.4 Å². The van der Waals surface area contributed by atoms with Gasteiger partial charge in [0.2, 0.25) is 0 Å². The number of aromatic nitrogens is 1. The van der Waals surface area contributed by atoms with Crippen LogP contribution < -0.4 is 5.32 Å².